The highest BCUT2D eigenvalue weighted by atomic mass is 15.0. The molecule has 0 unspecified atom stereocenters. The van der Waals surface area contributed by atoms with E-state index < -0.39 is 0 Å². The van der Waals surface area contributed by atoms with E-state index in [2.05, 4.69) is 161 Å². The Balaban J connectivity index is 1.62. The van der Waals surface area contributed by atoms with Crippen molar-refractivity contribution in [3.05, 3.63) is 142 Å². The molecule has 0 aliphatic heterocycles. The lowest BCUT2D eigenvalue weighted by atomic mass is 9.93. The number of hydrogen-bond acceptors (Lipinski definition) is 0. The van der Waals surface area contributed by atoms with Crippen molar-refractivity contribution < 1.29 is 0 Å². The summed E-state index contributed by atoms with van der Waals surface area (Å²) in [6, 6.07) is 35.0. The Morgan fingerprint density at radius 3 is 2.00 bits per heavy atom. The molecular weight excluding hydrogens is 470 g/mol. The molecule has 1 aromatic heterocycles. The largest absolute Gasteiger partial charge is 0.310 e. The van der Waals surface area contributed by atoms with Crippen LogP contribution in [-0.4, -0.2) is 4.57 Å². The predicted molar refractivity (Wildman–Crippen MR) is 170 cm³/mol. The topological polar surface area (TPSA) is 4.93 Å². The second-order valence-electron chi connectivity index (χ2n) is 10.4. The number of allylic oxidation sites excluding steroid dienone is 2. The summed E-state index contributed by atoms with van der Waals surface area (Å²) in [5.74, 6) is 0. The van der Waals surface area contributed by atoms with Crippen LogP contribution in [0.1, 0.15) is 53.1 Å². The molecule has 0 bridgehead atoms. The maximum atomic E-state index is 2.41. The first-order chi connectivity index (χ1) is 18.9. The highest BCUT2D eigenvalue weighted by Crippen LogP contribution is 2.34. The maximum absolute atomic E-state index is 2.41. The van der Waals surface area contributed by atoms with Crippen LogP contribution in [0, 0.1) is 27.7 Å². The summed E-state index contributed by atoms with van der Waals surface area (Å²) in [4.78, 5) is 0. The molecule has 0 saturated carbocycles. The van der Waals surface area contributed by atoms with E-state index in [4.69, 9.17) is 0 Å². The lowest BCUT2D eigenvalue weighted by Gasteiger charge is -2.15. The highest BCUT2D eigenvalue weighted by Gasteiger charge is 2.17. The monoisotopic (exact) mass is 507 g/mol. The second-order valence-corrected chi connectivity index (χ2v) is 10.4. The molecule has 0 aliphatic carbocycles. The normalized spacial score (nSPS) is 11.9. The Morgan fingerprint density at radius 2 is 1.28 bits per heavy atom. The fourth-order valence-electron chi connectivity index (χ4n) is 5.49. The standard InChI is InChI=1S/C38H37N/c1-7-14-37-29(5)30(6)38(39(37)34-19-13-18-33(25-34)31-16-9-8-10-17-31)24-27(3)32-21-22-36(28(4)23-32)35-20-12-11-15-26(35)2/h7-25H,1-6H3. The molecule has 5 rings (SSSR count). The van der Waals surface area contributed by atoms with E-state index in [0.717, 1.165) is 0 Å². The fraction of sp³-hybridized carbons (Fsp3) is 0.158. The molecule has 0 radical (unpaired) electrons. The van der Waals surface area contributed by atoms with Crippen LogP contribution in [0.25, 0.3) is 45.7 Å². The lowest BCUT2D eigenvalue weighted by Crippen LogP contribution is -2.01. The van der Waals surface area contributed by atoms with Crippen LogP contribution < -0.4 is 0 Å². The van der Waals surface area contributed by atoms with Crippen molar-refractivity contribution in [1.29, 1.82) is 0 Å². The predicted octanol–water partition coefficient (Wildman–Crippen LogP) is 10.6. The molecule has 5 aromatic rings. The van der Waals surface area contributed by atoms with Gasteiger partial charge in [-0.05, 0) is 121 Å². The van der Waals surface area contributed by atoms with Gasteiger partial charge in [0.05, 0.1) is 0 Å². The molecule has 39 heavy (non-hydrogen) atoms. The van der Waals surface area contributed by atoms with Crippen molar-refractivity contribution in [2.75, 3.05) is 0 Å². The van der Waals surface area contributed by atoms with Crippen molar-refractivity contribution in [2.45, 2.75) is 41.5 Å². The first-order valence-electron chi connectivity index (χ1n) is 13.7. The molecule has 194 valence electrons. The molecule has 0 fully saturated rings. The zero-order valence-electron chi connectivity index (χ0n) is 23.9. The first-order valence-corrected chi connectivity index (χ1v) is 13.7. The van der Waals surface area contributed by atoms with Gasteiger partial charge in [-0.2, -0.15) is 0 Å². The third-order valence-electron chi connectivity index (χ3n) is 7.82. The van der Waals surface area contributed by atoms with Gasteiger partial charge in [0.1, 0.15) is 0 Å². The van der Waals surface area contributed by atoms with Gasteiger partial charge in [0.2, 0.25) is 0 Å². The first kappa shape index (κ1) is 26.3. The minimum absolute atomic E-state index is 1.17. The highest BCUT2D eigenvalue weighted by molar-refractivity contribution is 5.84. The summed E-state index contributed by atoms with van der Waals surface area (Å²) in [6.07, 6.45) is 6.71. The third-order valence-corrected chi connectivity index (χ3v) is 7.82. The van der Waals surface area contributed by atoms with E-state index in [-0.39, 0.29) is 0 Å². The maximum Gasteiger partial charge on any atom is 0.0497 e. The van der Waals surface area contributed by atoms with Gasteiger partial charge in [-0.3, -0.25) is 0 Å². The van der Waals surface area contributed by atoms with E-state index in [0.29, 0.717) is 0 Å². The second kappa shape index (κ2) is 11.2. The summed E-state index contributed by atoms with van der Waals surface area (Å²) in [6.45, 7) is 13.2. The molecule has 1 heteroatoms. The molecule has 0 atom stereocenters. The fourth-order valence-corrected chi connectivity index (χ4v) is 5.49. The van der Waals surface area contributed by atoms with Gasteiger partial charge in [0, 0.05) is 17.1 Å². The average Bonchev–Trinajstić information content (AvgIpc) is 3.18. The van der Waals surface area contributed by atoms with E-state index in [1.807, 2.05) is 0 Å². The molecule has 0 N–H and O–H groups in total. The van der Waals surface area contributed by atoms with Crippen LogP contribution in [0.3, 0.4) is 0 Å². The summed E-state index contributed by atoms with van der Waals surface area (Å²) in [7, 11) is 0. The number of benzene rings is 4. The molecule has 1 nitrogen and oxygen atoms in total. The molecular formula is C38H37N. The van der Waals surface area contributed by atoms with Gasteiger partial charge in [-0.15, -0.1) is 0 Å². The number of rotatable bonds is 6. The van der Waals surface area contributed by atoms with Crippen LogP contribution in [0.5, 0.6) is 0 Å². The molecule has 1 heterocycles. The zero-order chi connectivity index (χ0) is 27.5. The Hall–Kier alpha value is -4.36. The van der Waals surface area contributed by atoms with Crippen molar-refractivity contribution in [1.82, 2.24) is 4.57 Å². The number of nitrogens with zero attached hydrogens (tertiary/aromatic N) is 1. The summed E-state index contributed by atoms with van der Waals surface area (Å²) < 4.78 is 2.41. The lowest BCUT2D eigenvalue weighted by molar-refractivity contribution is 1.04. The van der Waals surface area contributed by atoms with E-state index in [1.54, 1.807) is 0 Å². The Kier molecular flexibility index (Phi) is 7.52. The average molecular weight is 508 g/mol. The van der Waals surface area contributed by atoms with Crippen LogP contribution >= 0.6 is 0 Å². The Labute approximate surface area is 233 Å². The molecule has 0 aliphatic rings. The quantitative estimate of drug-likeness (QED) is 0.215. The zero-order valence-corrected chi connectivity index (χ0v) is 23.9. The Morgan fingerprint density at radius 1 is 0.615 bits per heavy atom. The minimum Gasteiger partial charge on any atom is -0.310 e. The smallest absolute Gasteiger partial charge is 0.0497 e. The number of hydrogen-bond donors (Lipinski definition) is 0. The van der Waals surface area contributed by atoms with Crippen molar-refractivity contribution in [3.8, 4) is 27.9 Å². The van der Waals surface area contributed by atoms with Gasteiger partial charge >= 0.3 is 0 Å². The van der Waals surface area contributed by atoms with Gasteiger partial charge < -0.3 is 4.57 Å². The molecule has 4 aromatic carbocycles. The van der Waals surface area contributed by atoms with Crippen molar-refractivity contribution in [2.24, 2.45) is 0 Å². The van der Waals surface area contributed by atoms with Crippen molar-refractivity contribution in [3.63, 3.8) is 0 Å². The molecule has 0 amide bonds. The Bertz CT molecular complexity index is 1690. The van der Waals surface area contributed by atoms with Crippen LogP contribution in [0.15, 0.2) is 103 Å². The van der Waals surface area contributed by atoms with E-state index >= 15 is 0 Å². The minimum atomic E-state index is 1.17. The van der Waals surface area contributed by atoms with Crippen LogP contribution in [-0.2, 0) is 0 Å². The van der Waals surface area contributed by atoms with Gasteiger partial charge in [-0.1, -0.05) is 91.0 Å². The number of aryl methyl sites for hydroxylation is 2. The van der Waals surface area contributed by atoms with Crippen LogP contribution in [0.2, 0.25) is 0 Å². The SMILES string of the molecule is CC=Cc1c(C)c(C)c(C=C(C)c2ccc(-c3ccccc3C)c(C)c2)n1-c1cccc(-c2ccccc2)c1. The van der Waals surface area contributed by atoms with Crippen LogP contribution in [0.4, 0.5) is 0 Å². The summed E-state index contributed by atoms with van der Waals surface area (Å²) in [5, 5.41) is 0. The van der Waals surface area contributed by atoms with E-state index in [9.17, 15) is 0 Å². The van der Waals surface area contributed by atoms with Crippen molar-refractivity contribution >= 4 is 17.7 Å². The third kappa shape index (κ3) is 5.18. The molecule has 0 saturated heterocycles. The molecule has 0 spiro atoms. The number of aromatic nitrogens is 1. The van der Waals surface area contributed by atoms with E-state index in [1.165, 1.54) is 72.7 Å². The van der Waals surface area contributed by atoms with Gasteiger partial charge in [0.25, 0.3) is 0 Å². The summed E-state index contributed by atoms with van der Waals surface area (Å²) in [5.41, 5.74) is 16.4. The summed E-state index contributed by atoms with van der Waals surface area (Å²) >= 11 is 0. The van der Waals surface area contributed by atoms with Gasteiger partial charge in [-0.25, -0.2) is 0 Å². The van der Waals surface area contributed by atoms with Gasteiger partial charge in [0.15, 0.2) is 0 Å².